The molecule has 0 aliphatic carbocycles. The molecule has 1 aromatic rings. The van der Waals surface area contributed by atoms with E-state index in [0.717, 1.165) is 6.42 Å². The van der Waals surface area contributed by atoms with Crippen molar-refractivity contribution in [2.24, 2.45) is 11.1 Å². The maximum absolute atomic E-state index is 12.1. The van der Waals surface area contributed by atoms with Crippen LogP contribution in [-0.4, -0.2) is 25.1 Å². The van der Waals surface area contributed by atoms with Gasteiger partial charge in [-0.15, -0.1) is 0 Å². The van der Waals surface area contributed by atoms with Gasteiger partial charge in [-0.3, -0.25) is 4.79 Å². The summed E-state index contributed by atoms with van der Waals surface area (Å²) in [6, 6.07) is 5.50. The molecule has 1 aromatic carbocycles. The third-order valence-electron chi connectivity index (χ3n) is 2.72. The molecule has 0 spiro atoms. The van der Waals surface area contributed by atoms with E-state index in [1.165, 1.54) is 24.3 Å². The van der Waals surface area contributed by atoms with Crippen molar-refractivity contribution in [1.82, 2.24) is 5.32 Å². The molecule has 0 radical (unpaired) electrons. The summed E-state index contributed by atoms with van der Waals surface area (Å²) >= 11 is 0. The molecule has 1 atom stereocenters. The number of carbonyl (C=O) groups excluding carboxylic acids is 1. The molecule has 0 aliphatic rings. The molecule has 0 bridgehead atoms. The lowest BCUT2D eigenvalue weighted by Gasteiger charge is -2.23. The van der Waals surface area contributed by atoms with Gasteiger partial charge in [0.05, 0.1) is 0 Å². The molecule has 0 fully saturated rings. The smallest absolute Gasteiger partial charge is 0.387 e. The van der Waals surface area contributed by atoms with Gasteiger partial charge in [-0.2, -0.15) is 8.78 Å². The highest BCUT2D eigenvalue weighted by Gasteiger charge is 2.16. The highest BCUT2D eigenvalue weighted by atomic mass is 19.3. The monoisotopic (exact) mass is 300 g/mol. The van der Waals surface area contributed by atoms with Crippen molar-refractivity contribution in [3.05, 3.63) is 29.8 Å². The molecule has 21 heavy (non-hydrogen) atoms. The van der Waals surface area contributed by atoms with E-state index in [0.29, 0.717) is 6.54 Å². The molecule has 118 valence electrons. The van der Waals surface area contributed by atoms with Gasteiger partial charge in [-0.25, -0.2) is 0 Å². The number of alkyl halides is 2. The first kappa shape index (κ1) is 17.4. The van der Waals surface area contributed by atoms with Crippen molar-refractivity contribution in [3.8, 4) is 5.75 Å². The Morgan fingerprint density at radius 1 is 1.38 bits per heavy atom. The van der Waals surface area contributed by atoms with Gasteiger partial charge in [0.15, 0.2) is 0 Å². The predicted octanol–water partition coefficient (Wildman–Crippen LogP) is 2.78. The number of ether oxygens (including phenoxy) is 1. The number of carbonyl (C=O) groups is 1. The largest absolute Gasteiger partial charge is 0.435 e. The highest BCUT2D eigenvalue weighted by molar-refractivity contribution is 5.94. The van der Waals surface area contributed by atoms with E-state index in [2.05, 4.69) is 30.8 Å². The second-order valence-electron chi connectivity index (χ2n) is 6.14. The molecule has 1 amide bonds. The Balaban J connectivity index is 2.56. The second-order valence-corrected chi connectivity index (χ2v) is 6.14. The van der Waals surface area contributed by atoms with Gasteiger partial charge in [0.25, 0.3) is 5.91 Å². The summed E-state index contributed by atoms with van der Waals surface area (Å²) in [4.78, 5) is 11.9. The zero-order valence-electron chi connectivity index (χ0n) is 12.5. The van der Waals surface area contributed by atoms with Crippen LogP contribution in [0.3, 0.4) is 0 Å². The zero-order chi connectivity index (χ0) is 16.0. The van der Waals surface area contributed by atoms with Crippen LogP contribution in [0.2, 0.25) is 0 Å². The quantitative estimate of drug-likeness (QED) is 0.849. The standard InChI is InChI=1S/C15H22F2N2O2/c1-15(2,3)8-11(18)9-19-13(20)10-5-4-6-12(7-10)21-14(16)17/h4-7,11,14H,8-9,18H2,1-3H3,(H,19,20). The van der Waals surface area contributed by atoms with Gasteiger partial charge < -0.3 is 15.8 Å². The van der Waals surface area contributed by atoms with E-state index in [1.807, 2.05) is 0 Å². The molecule has 3 N–H and O–H groups in total. The Labute approximate surface area is 123 Å². The predicted molar refractivity (Wildman–Crippen MR) is 77.5 cm³/mol. The third-order valence-corrected chi connectivity index (χ3v) is 2.72. The first-order chi connectivity index (χ1) is 9.67. The normalized spacial score (nSPS) is 13.1. The van der Waals surface area contributed by atoms with Crippen molar-refractivity contribution < 1.29 is 18.3 Å². The molecule has 0 heterocycles. The number of amides is 1. The topological polar surface area (TPSA) is 64.3 Å². The molecular formula is C15H22F2N2O2. The minimum atomic E-state index is -2.91. The Hall–Kier alpha value is -1.69. The van der Waals surface area contributed by atoms with Crippen LogP contribution >= 0.6 is 0 Å². The van der Waals surface area contributed by atoms with E-state index >= 15 is 0 Å². The van der Waals surface area contributed by atoms with Crippen LogP contribution in [0.4, 0.5) is 8.78 Å². The lowest BCUT2D eigenvalue weighted by atomic mass is 9.88. The number of hydrogen-bond donors (Lipinski definition) is 2. The molecule has 1 unspecified atom stereocenters. The number of rotatable bonds is 6. The average molecular weight is 300 g/mol. The molecular weight excluding hydrogens is 278 g/mol. The van der Waals surface area contributed by atoms with E-state index in [1.54, 1.807) is 0 Å². The fourth-order valence-corrected chi connectivity index (χ4v) is 2.00. The van der Waals surface area contributed by atoms with Crippen LogP contribution in [0.5, 0.6) is 5.75 Å². The van der Waals surface area contributed by atoms with Crippen molar-refractivity contribution in [2.45, 2.75) is 39.8 Å². The van der Waals surface area contributed by atoms with Gasteiger partial charge in [0.1, 0.15) is 5.75 Å². The van der Waals surface area contributed by atoms with Gasteiger partial charge in [0, 0.05) is 18.2 Å². The van der Waals surface area contributed by atoms with Crippen molar-refractivity contribution in [2.75, 3.05) is 6.54 Å². The lowest BCUT2D eigenvalue weighted by molar-refractivity contribution is -0.0498. The molecule has 1 rings (SSSR count). The van der Waals surface area contributed by atoms with E-state index in [4.69, 9.17) is 5.73 Å². The van der Waals surface area contributed by atoms with Gasteiger partial charge in [-0.05, 0) is 30.0 Å². The van der Waals surface area contributed by atoms with Gasteiger partial charge in [-0.1, -0.05) is 26.8 Å². The minimum absolute atomic E-state index is 0.0448. The Morgan fingerprint density at radius 3 is 2.62 bits per heavy atom. The highest BCUT2D eigenvalue weighted by Crippen LogP contribution is 2.19. The number of benzene rings is 1. The first-order valence-electron chi connectivity index (χ1n) is 6.76. The SMILES string of the molecule is CC(C)(C)CC(N)CNC(=O)c1cccc(OC(F)F)c1. The van der Waals surface area contributed by atoms with Crippen LogP contribution < -0.4 is 15.8 Å². The van der Waals surface area contributed by atoms with E-state index in [9.17, 15) is 13.6 Å². The number of hydrogen-bond acceptors (Lipinski definition) is 3. The fraction of sp³-hybridized carbons (Fsp3) is 0.533. The summed E-state index contributed by atoms with van der Waals surface area (Å²) in [5.74, 6) is -0.407. The number of nitrogens with one attached hydrogen (secondary N) is 1. The maximum Gasteiger partial charge on any atom is 0.387 e. The van der Waals surface area contributed by atoms with E-state index < -0.39 is 6.61 Å². The zero-order valence-corrected chi connectivity index (χ0v) is 12.5. The summed E-state index contributed by atoms with van der Waals surface area (Å²) in [7, 11) is 0. The minimum Gasteiger partial charge on any atom is -0.435 e. The number of nitrogens with two attached hydrogens (primary N) is 1. The van der Waals surface area contributed by atoms with Gasteiger partial charge >= 0.3 is 6.61 Å². The van der Waals surface area contributed by atoms with Crippen molar-refractivity contribution in [3.63, 3.8) is 0 Å². The fourth-order valence-electron chi connectivity index (χ4n) is 2.00. The molecule has 0 saturated carbocycles. The second kappa shape index (κ2) is 7.36. The Kier molecular flexibility index (Phi) is 6.08. The van der Waals surface area contributed by atoms with Crippen molar-refractivity contribution >= 4 is 5.91 Å². The van der Waals surface area contributed by atoms with E-state index in [-0.39, 0.29) is 28.7 Å². The average Bonchev–Trinajstić information content (AvgIpc) is 2.33. The lowest BCUT2D eigenvalue weighted by Crippen LogP contribution is -2.39. The summed E-state index contributed by atoms with van der Waals surface area (Å²) in [6.45, 7) is 3.62. The molecule has 0 aliphatic heterocycles. The van der Waals surface area contributed by atoms with Gasteiger partial charge in [0.2, 0.25) is 0 Å². The Bertz CT molecular complexity index is 473. The van der Waals surface area contributed by atoms with Crippen LogP contribution in [0.25, 0.3) is 0 Å². The summed E-state index contributed by atoms with van der Waals surface area (Å²) < 4.78 is 28.5. The Morgan fingerprint density at radius 2 is 2.05 bits per heavy atom. The first-order valence-corrected chi connectivity index (χ1v) is 6.76. The van der Waals surface area contributed by atoms with Crippen LogP contribution in [-0.2, 0) is 0 Å². The molecule has 0 saturated heterocycles. The molecule has 4 nitrogen and oxygen atoms in total. The summed E-state index contributed by atoms with van der Waals surface area (Å²) in [5, 5.41) is 2.69. The summed E-state index contributed by atoms with van der Waals surface area (Å²) in [6.07, 6.45) is 0.766. The molecule has 6 heteroatoms. The number of halogens is 2. The maximum atomic E-state index is 12.1. The third kappa shape index (κ3) is 7.04. The van der Waals surface area contributed by atoms with Crippen LogP contribution in [0, 0.1) is 5.41 Å². The van der Waals surface area contributed by atoms with Crippen molar-refractivity contribution in [1.29, 1.82) is 0 Å². The molecule has 0 aromatic heterocycles. The summed E-state index contributed by atoms with van der Waals surface area (Å²) in [5.41, 5.74) is 6.28. The van der Waals surface area contributed by atoms with Crippen LogP contribution in [0.15, 0.2) is 24.3 Å². The van der Waals surface area contributed by atoms with Crippen LogP contribution in [0.1, 0.15) is 37.6 Å².